The third kappa shape index (κ3) is 1.92. The Kier molecular flexibility index (Phi) is 2.89. The van der Waals surface area contributed by atoms with Crippen LogP contribution in [0.1, 0.15) is 62.9 Å². The van der Waals surface area contributed by atoms with Crippen LogP contribution in [0.15, 0.2) is 16.9 Å². The first-order valence-corrected chi connectivity index (χ1v) is 6.03. The Morgan fingerprint density at radius 2 is 1.94 bits per heavy atom. The van der Waals surface area contributed by atoms with Gasteiger partial charge >= 0.3 is 0 Å². The van der Waals surface area contributed by atoms with Crippen molar-refractivity contribution in [2.75, 3.05) is 0 Å². The molecule has 3 heteroatoms. The lowest BCUT2D eigenvalue weighted by Crippen LogP contribution is -2.29. The maximum Gasteiger partial charge on any atom is 0.255 e. The summed E-state index contributed by atoms with van der Waals surface area (Å²) in [5.74, 6) is 0.385. The van der Waals surface area contributed by atoms with Crippen LogP contribution >= 0.6 is 0 Å². The molecule has 1 saturated carbocycles. The number of nitrogens with two attached hydrogens (primary N) is 1. The van der Waals surface area contributed by atoms with Gasteiger partial charge < -0.3 is 10.3 Å². The van der Waals surface area contributed by atoms with E-state index in [1.54, 1.807) is 0 Å². The van der Waals surface area contributed by atoms with E-state index in [1.807, 2.05) is 17.6 Å². The van der Waals surface area contributed by atoms with Crippen molar-refractivity contribution < 1.29 is 0 Å². The summed E-state index contributed by atoms with van der Waals surface area (Å²) >= 11 is 0. The molecule has 1 heterocycles. The van der Waals surface area contributed by atoms with Crippen molar-refractivity contribution >= 4 is 0 Å². The van der Waals surface area contributed by atoms with Crippen LogP contribution in [0.5, 0.6) is 0 Å². The van der Waals surface area contributed by atoms with E-state index in [4.69, 9.17) is 5.73 Å². The van der Waals surface area contributed by atoms with Crippen molar-refractivity contribution in [1.29, 1.82) is 0 Å². The predicted octanol–water partition coefficient (Wildman–Crippen LogP) is 2.33. The van der Waals surface area contributed by atoms with Crippen LogP contribution in [0.2, 0.25) is 0 Å². The van der Waals surface area contributed by atoms with Gasteiger partial charge in [0.15, 0.2) is 0 Å². The molecule has 0 aliphatic heterocycles. The summed E-state index contributed by atoms with van der Waals surface area (Å²) in [6.07, 6.45) is 2.25. The average molecular weight is 220 g/mol. The van der Waals surface area contributed by atoms with Crippen molar-refractivity contribution in [2.45, 2.75) is 51.6 Å². The molecule has 0 amide bonds. The molecule has 16 heavy (non-hydrogen) atoms. The molecule has 3 nitrogen and oxygen atoms in total. The molecule has 0 spiro atoms. The predicted molar refractivity (Wildman–Crippen MR) is 65.7 cm³/mol. The van der Waals surface area contributed by atoms with E-state index < -0.39 is 0 Å². The third-order valence-electron chi connectivity index (χ3n) is 3.17. The zero-order chi connectivity index (χ0) is 11.9. The Labute approximate surface area is 96.3 Å². The van der Waals surface area contributed by atoms with Crippen LogP contribution in [0.4, 0.5) is 0 Å². The molecule has 1 aromatic rings. The SMILES string of the molecule is CC(C)c1ccc(C(C)N)c(=O)n1C1CC1. The Balaban J connectivity index is 2.58. The largest absolute Gasteiger partial charge is 0.324 e. The molecule has 1 atom stereocenters. The minimum absolute atomic E-state index is 0.115. The second-order valence-corrected chi connectivity index (χ2v) is 5.06. The van der Waals surface area contributed by atoms with Crippen molar-refractivity contribution in [3.63, 3.8) is 0 Å². The summed E-state index contributed by atoms with van der Waals surface area (Å²) in [5.41, 5.74) is 7.80. The summed E-state index contributed by atoms with van der Waals surface area (Å²) in [6, 6.07) is 4.19. The van der Waals surface area contributed by atoms with Crippen molar-refractivity contribution in [3.8, 4) is 0 Å². The van der Waals surface area contributed by atoms with Crippen LogP contribution < -0.4 is 11.3 Å². The minimum Gasteiger partial charge on any atom is -0.324 e. The van der Waals surface area contributed by atoms with Crippen LogP contribution in [0.3, 0.4) is 0 Å². The van der Waals surface area contributed by atoms with E-state index in [9.17, 15) is 4.79 Å². The van der Waals surface area contributed by atoms with E-state index in [1.165, 1.54) is 0 Å². The molecule has 0 aromatic carbocycles. The highest BCUT2D eigenvalue weighted by molar-refractivity contribution is 5.22. The number of hydrogen-bond donors (Lipinski definition) is 1. The first kappa shape index (κ1) is 11.4. The fourth-order valence-corrected chi connectivity index (χ4v) is 2.11. The highest BCUT2D eigenvalue weighted by Crippen LogP contribution is 2.36. The summed E-state index contributed by atoms with van der Waals surface area (Å²) in [6.45, 7) is 6.11. The maximum atomic E-state index is 12.3. The zero-order valence-corrected chi connectivity index (χ0v) is 10.2. The Morgan fingerprint density at radius 3 is 2.38 bits per heavy atom. The van der Waals surface area contributed by atoms with Gasteiger partial charge in [-0.15, -0.1) is 0 Å². The van der Waals surface area contributed by atoms with Crippen LogP contribution in [-0.4, -0.2) is 4.57 Å². The molecule has 1 unspecified atom stereocenters. The highest BCUT2D eigenvalue weighted by atomic mass is 16.1. The van der Waals surface area contributed by atoms with Gasteiger partial charge in [-0.05, 0) is 31.7 Å². The molecule has 0 saturated heterocycles. The summed E-state index contributed by atoms with van der Waals surface area (Å²) in [7, 11) is 0. The van der Waals surface area contributed by atoms with Crippen LogP contribution in [0, 0.1) is 0 Å². The summed E-state index contributed by atoms with van der Waals surface area (Å²) in [5, 5.41) is 0. The van der Waals surface area contributed by atoms with Gasteiger partial charge in [-0.3, -0.25) is 4.79 Å². The van der Waals surface area contributed by atoms with Crippen molar-refractivity contribution in [2.24, 2.45) is 5.73 Å². The van der Waals surface area contributed by atoms with E-state index in [-0.39, 0.29) is 11.6 Å². The number of aromatic nitrogens is 1. The van der Waals surface area contributed by atoms with Gasteiger partial charge in [0, 0.05) is 23.3 Å². The highest BCUT2D eigenvalue weighted by Gasteiger charge is 2.28. The van der Waals surface area contributed by atoms with E-state index in [0.717, 1.165) is 24.1 Å². The third-order valence-corrected chi connectivity index (χ3v) is 3.17. The van der Waals surface area contributed by atoms with Gasteiger partial charge in [-0.1, -0.05) is 19.9 Å². The lowest BCUT2D eigenvalue weighted by atomic mass is 10.1. The lowest BCUT2D eigenvalue weighted by Gasteiger charge is -2.17. The average Bonchev–Trinajstić information content (AvgIpc) is 2.99. The fraction of sp³-hybridized carbons (Fsp3) is 0.615. The summed E-state index contributed by atoms with van der Waals surface area (Å²) in [4.78, 5) is 12.3. The Hall–Kier alpha value is -1.09. The second-order valence-electron chi connectivity index (χ2n) is 5.06. The van der Waals surface area contributed by atoms with Gasteiger partial charge in [0.1, 0.15) is 0 Å². The summed E-state index contributed by atoms with van der Waals surface area (Å²) < 4.78 is 1.96. The van der Waals surface area contributed by atoms with Crippen LogP contribution in [-0.2, 0) is 0 Å². The topological polar surface area (TPSA) is 48.0 Å². The van der Waals surface area contributed by atoms with Crippen LogP contribution in [0.25, 0.3) is 0 Å². The smallest absolute Gasteiger partial charge is 0.255 e. The van der Waals surface area contributed by atoms with E-state index in [0.29, 0.717) is 12.0 Å². The lowest BCUT2D eigenvalue weighted by molar-refractivity contribution is 0.610. The standard InChI is InChI=1S/C13H20N2O/c1-8(2)12-7-6-11(9(3)14)13(16)15(12)10-4-5-10/h6-10H,4-5,14H2,1-3H3. The first-order chi connectivity index (χ1) is 7.52. The van der Waals surface area contributed by atoms with Crippen molar-refractivity contribution in [1.82, 2.24) is 4.57 Å². The van der Waals surface area contributed by atoms with Gasteiger partial charge in [0.2, 0.25) is 0 Å². The molecule has 0 radical (unpaired) electrons. The molecular formula is C13H20N2O. The Bertz CT molecular complexity index is 442. The fourth-order valence-electron chi connectivity index (χ4n) is 2.11. The molecule has 88 valence electrons. The quantitative estimate of drug-likeness (QED) is 0.849. The number of nitrogens with zero attached hydrogens (tertiary/aromatic N) is 1. The number of rotatable bonds is 3. The zero-order valence-electron chi connectivity index (χ0n) is 10.2. The molecule has 0 bridgehead atoms. The monoisotopic (exact) mass is 220 g/mol. The molecular weight excluding hydrogens is 200 g/mol. The molecule has 2 rings (SSSR count). The molecule has 1 aliphatic rings. The normalized spacial score (nSPS) is 17.8. The molecule has 2 N–H and O–H groups in total. The van der Waals surface area contributed by atoms with E-state index in [2.05, 4.69) is 19.9 Å². The first-order valence-electron chi connectivity index (χ1n) is 6.03. The number of pyridine rings is 1. The molecule has 1 aromatic heterocycles. The van der Waals surface area contributed by atoms with Crippen molar-refractivity contribution in [3.05, 3.63) is 33.7 Å². The van der Waals surface area contributed by atoms with Gasteiger partial charge in [0.25, 0.3) is 5.56 Å². The van der Waals surface area contributed by atoms with Gasteiger partial charge in [0.05, 0.1) is 0 Å². The molecule has 1 fully saturated rings. The maximum absolute atomic E-state index is 12.3. The van der Waals surface area contributed by atoms with Gasteiger partial charge in [-0.25, -0.2) is 0 Å². The second kappa shape index (κ2) is 4.06. The molecule has 1 aliphatic carbocycles. The number of hydrogen-bond acceptors (Lipinski definition) is 2. The Morgan fingerprint density at radius 1 is 1.31 bits per heavy atom. The van der Waals surface area contributed by atoms with Gasteiger partial charge in [-0.2, -0.15) is 0 Å². The van der Waals surface area contributed by atoms with E-state index >= 15 is 0 Å². The minimum atomic E-state index is -0.182.